The van der Waals surface area contributed by atoms with Gasteiger partial charge in [-0.2, -0.15) is 5.26 Å². The van der Waals surface area contributed by atoms with Crippen LogP contribution in [0.15, 0.2) is 0 Å². The van der Waals surface area contributed by atoms with E-state index in [-0.39, 0.29) is 12.0 Å². The smallest absolute Gasteiger partial charge is 0.117 e. The number of hydrogen-bond acceptors (Lipinski definition) is 2. The molecule has 3 heteroatoms. The van der Waals surface area contributed by atoms with Gasteiger partial charge in [-0.25, -0.2) is 4.39 Å². The Morgan fingerprint density at radius 3 is 2.50 bits per heavy atom. The molecule has 1 fully saturated rings. The molecule has 0 saturated carbocycles. The number of nitrogens with zero attached hydrogens (tertiary/aromatic N) is 1. The lowest BCUT2D eigenvalue weighted by Gasteiger charge is -2.35. The van der Waals surface area contributed by atoms with Gasteiger partial charge in [0.15, 0.2) is 0 Å². The number of rotatable bonds is 2. The summed E-state index contributed by atoms with van der Waals surface area (Å²) in [6, 6.07) is 2.05. The number of halogens is 1. The van der Waals surface area contributed by atoms with Crippen LogP contribution in [0.5, 0.6) is 0 Å². The summed E-state index contributed by atoms with van der Waals surface area (Å²) in [6.45, 7) is 6.92. The summed E-state index contributed by atoms with van der Waals surface area (Å²) in [5.41, 5.74) is 0. The summed E-state index contributed by atoms with van der Waals surface area (Å²) < 4.78 is 13.7. The molecule has 0 aromatic rings. The average molecular weight is 198 g/mol. The van der Waals surface area contributed by atoms with Crippen LogP contribution in [0.1, 0.15) is 27.2 Å². The van der Waals surface area contributed by atoms with E-state index in [0.717, 1.165) is 0 Å². The van der Waals surface area contributed by atoms with Gasteiger partial charge in [0.25, 0.3) is 0 Å². The van der Waals surface area contributed by atoms with Crippen LogP contribution in [-0.2, 0) is 0 Å². The second-order valence-electron chi connectivity index (χ2n) is 4.61. The zero-order valence-electron chi connectivity index (χ0n) is 9.13. The van der Waals surface area contributed by atoms with E-state index in [1.807, 2.05) is 0 Å². The Kier molecular flexibility index (Phi) is 3.88. The van der Waals surface area contributed by atoms with Crippen LogP contribution >= 0.6 is 0 Å². The summed E-state index contributed by atoms with van der Waals surface area (Å²) in [6.07, 6.45) is -0.476. The van der Waals surface area contributed by atoms with E-state index in [4.69, 9.17) is 5.26 Å². The van der Waals surface area contributed by atoms with Gasteiger partial charge in [-0.05, 0) is 18.3 Å². The van der Waals surface area contributed by atoms with Crippen LogP contribution in [0.4, 0.5) is 4.39 Å². The van der Waals surface area contributed by atoms with Crippen LogP contribution in [0, 0.1) is 29.1 Å². The molecule has 0 aromatic carbocycles. The molecule has 0 amide bonds. The largest absolute Gasteiger partial charge is 0.310 e. The first-order valence-corrected chi connectivity index (χ1v) is 5.33. The van der Waals surface area contributed by atoms with Crippen molar-refractivity contribution in [3.8, 4) is 6.07 Å². The minimum absolute atomic E-state index is 0.0698. The van der Waals surface area contributed by atoms with E-state index in [1.165, 1.54) is 0 Å². The van der Waals surface area contributed by atoms with Crippen molar-refractivity contribution in [2.75, 3.05) is 6.54 Å². The standard InChI is InChI=1S/C11H19FN2/c1-7(2)8(3)11-10(12)4-9(5-13)6-14-11/h7-11,14H,4,6H2,1-3H3. The summed E-state index contributed by atoms with van der Waals surface area (Å²) >= 11 is 0. The van der Waals surface area contributed by atoms with Gasteiger partial charge in [0.05, 0.1) is 12.0 Å². The van der Waals surface area contributed by atoms with Crippen molar-refractivity contribution in [1.29, 1.82) is 5.26 Å². The van der Waals surface area contributed by atoms with Crippen molar-refractivity contribution in [3.63, 3.8) is 0 Å². The normalized spacial score (nSPS) is 35.3. The molecule has 0 radical (unpaired) electrons. The SMILES string of the molecule is CC(C)C(C)C1NCC(C#N)CC1F. The molecule has 0 bridgehead atoms. The second kappa shape index (κ2) is 4.75. The Balaban J connectivity index is 2.54. The van der Waals surface area contributed by atoms with Crippen molar-refractivity contribution in [1.82, 2.24) is 5.32 Å². The van der Waals surface area contributed by atoms with Crippen LogP contribution in [0.25, 0.3) is 0 Å². The van der Waals surface area contributed by atoms with E-state index < -0.39 is 6.17 Å². The summed E-state index contributed by atoms with van der Waals surface area (Å²) in [5.74, 6) is 0.648. The third-order valence-corrected chi connectivity index (χ3v) is 3.30. The number of piperidine rings is 1. The van der Waals surface area contributed by atoms with E-state index in [9.17, 15) is 4.39 Å². The fourth-order valence-electron chi connectivity index (χ4n) is 1.94. The zero-order chi connectivity index (χ0) is 10.7. The van der Waals surface area contributed by atoms with Crippen LogP contribution in [0.2, 0.25) is 0 Å². The van der Waals surface area contributed by atoms with Gasteiger partial charge >= 0.3 is 0 Å². The van der Waals surface area contributed by atoms with E-state index in [1.54, 1.807) is 0 Å². The molecule has 0 spiro atoms. The maximum atomic E-state index is 13.7. The number of alkyl halides is 1. The molecule has 80 valence electrons. The molecule has 4 atom stereocenters. The average Bonchev–Trinajstić information content (AvgIpc) is 2.16. The monoisotopic (exact) mass is 198 g/mol. The Bertz CT molecular complexity index is 222. The topological polar surface area (TPSA) is 35.8 Å². The lowest BCUT2D eigenvalue weighted by atomic mass is 9.82. The minimum Gasteiger partial charge on any atom is -0.310 e. The molecule has 1 heterocycles. The summed E-state index contributed by atoms with van der Waals surface area (Å²) in [4.78, 5) is 0. The van der Waals surface area contributed by atoms with Crippen molar-refractivity contribution < 1.29 is 4.39 Å². The molecule has 0 aromatic heterocycles. The number of hydrogen-bond donors (Lipinski definition) is 1. The first-order valence-electron chi connectivity index (χ1n) is 5.33. The number of nitriles is 1. The molecule has 1 aliphatic rings. The molecule has 14 heavy (non-hydrogen) atoms. The third kappa shape index (κ3) is 2.45. The van der Waals surface area contributed by atoms with Gasteiger partial charge in [-0.3, -0.25) is 0 Å². The molecular weight excluding hydrogens is 179 g/mol. The van der Waals surface area contributed by atoms with Gasteiger partial charge in [-0.1, -0.05) is 20.8 Å². The first-order chi connectivity index (χ1) is 6.56. The van der Waals surface area contributed by atoms with Crippen molar-refractivity contribution in [2.45, 2.75) is 39.4 Å². The van der Waals surface area contributed by atoms with Gasteiger partial charge in [-0.15, -0.1) is 0 Å². The fraction of sp³-hybridized carbons (Fsp3) is 0.909. The highest BCUT2D eigenvalue weighted by molar-refractivity contribution is 4.96. The first kappa shape index (κ1) is 11.5. The van der Waals surface area contributed by atoms with Crippen LogP contribution in [-0.4, -0.2) is 18.8 Å². The quantitative estimate of drug-likeness (QED) is 0.737. The summed E-state index contributed by atoms with van der Waals surface area (Å²) in [5, 5.41) is 11.8. The molecule has 1 saturated heterocycles. The van der Waals surface area contributed by atoms with E-state index in [2.05, 4.69) is 32.2 Å². The molecule has 4 unspecified atom stereocenters. The van der Waals surface area contributed by atoms with Gasteiger partial charge < -0.3 is 5.32 Å². The van der Waals surface area contributed by atoms with Crippen LogP contribution in [0.3, 0.4) is 0 Å². The maximum absolute atomic E-state index is 13.7. The maximum Gasteiger partial charge on any atom is 0.117 e. The fourth-order valence-corrected chi connectivity index (χ4v) is 1.94. The molecule has 1 aliphatic heterocycles. The predicted octanol–water partition coefficient (Wildman–Crippen LogP) is 2.12. The van der Waals surface area contributed by atoms with E-state index >= 15 is 0 Å². The number of nitrogens with one attached hydrogen (secondary N) is 1. The molecular formula is C11H19FN2. The molecule has 1 rings (SSSR count). The molecule has 2 nitrogen and oxygen atoms in total. The second-order valence-corrected chi connectivity index (χ2v) is 4.61. The van der Waals surface area contributed by atoms with Gasteiger partial charge in [0.2, 0.25) is 0 Å². The lowest BCUT2D eigenvalue weighted by Crippen LogP contribution is -2.51. The minimum atomic E-state index is -0.870. The highest BCUT2D eigenvalue weighted by Crippen LogP contribution is 2.26. The summed E-state index contributed by atoms with van der Waals surface area (Å²) in [7, 11) is 0. The third-order valence-electron chi connectivity index (χ3n) is 3.30. The van der Waals surface area contributed by atoms with Crippen LogP contribution < -0.4 is 5.32 Å². The Labute approximate surface area is 85.5 Å². The Hall–Kier alpha value is -0.620. The van der Waals surface area contributed by atoms with Crippen molar-refractivity contribution in [3.05, 3.63) is 0 Å². The highest BCUT2D eigenvalue weighted by Gasteiger charge is 2.34. The van der Waals surface area contributed by atoms with Crippen molar-refractivity contribution >= 4 is 0 Å². The predicted molar refractivity (Wildman–Crippen MR) is 54.4 cm³/mol. The van der Waals surface area contributed by atoms with Gasteiger partial charge in [0.1, 0.15) is 6.17 Å². The Morgan fingerprint density at radius 1 is 1.43 bits per heavy atom. The van der Waals surface area contributed by atoms with Gasteiger partial charge in [0, 0.05) is 12.6 Å². The zero-order valence-corrected chi connectivity index (χ0v) is 9.13. The molecule has 0 aliphatic carbocycles. The molecule has 1 N–H and O–H groups in total. The van der Waals surface area contributed by atoms with Crippen molar-refractivity contribution in [2.24, 2.45) is 17.8 Å². The lowest BCUT2D eigenvalue weighted by molar-refractivity contribution is 0.121. The van der Waals surface area contributed by atoms with E-state index in [0.29, 0.717) is 24.8 Å². The highest BCUT2D eigenvalue weighted by atomic mass is 19.1. The Morgan fingerprint density at radius 2 is 2.07 bits per heavy atom.